The quantitative estimate of drug-likeness (QED) is 0.631. The first-order valence-electron chi connectivity index (χ1n) is 4.40. The highest BCUT2D eigenvalue weighted by Crippen LogP contribution is 2.29. The standard InChI is InChI=1S/C11H14O3/c1-2-8(7-12)11(14)9-5-3-4-6-10(9)13/h2-6,8,11-14H,1,7H2/t8-,11+/m0/s1. The third-order valence-electron chi connectivity index (χ3n) is 2.17. The predicted octanol–water partition coefficient (Wildman–Crippen LogP) is 1.22. The van der Waals surface area contributed by atoms with E-state index in [1.807, 2.05) is 0 Å². The molecule has 1 aromatic carbocycles. The topological polar surface area (TPSA) is 60.7 Å². The van der Waals surface area contributed by atoms with Crippen molar-refractivity contribution in [2.75, 3.05) is 6.61 Å². The van der Waals surface area contributed by atoms with E-state index in [1.54, 1.807) is 18.2 Å². The Labute approximate surface area is 82.9 Å². The number of aromatic hydroxyl groups is 1. The van der Waals surface area contributed by atoms with E-state index in [0.29, 0.717) is 5.56 Å². The summed E-state index contributed by atoms with van der Waals surface area (Å²) in [7, 11) is 0. The van der Waals surface area contributed by atoms with E-state index in [4.69, 9.17) is 5.11 Å². The van der Waals surface area contributed by atoms with Crippen molar-refractivity contribution in [3.63, 3.8) is 0 Å². The van der Waals surface area contributed by atoms with Gasteiger partial charge in [-0.3, -0.25) is 0 Å². The molecule has 76 valence electrons. The fraction of sp³-hybridized carbons (Fsp3) is 0.273. The lowest BCUT2D eigenvalue weighted by Crippen LogP contribution is -2.14. The number of aliphatic hydroxyl groups is 2. The number of benzene rings is 1. The Bertz CT molecular complexity index is 309. The van der Waals surface area contributed by atoms with Crippen molar-refractivity contribution in [2.45, 2.75) is 6.10 Å². The van der Waals surface area contributed by atoms with Gasteiger partial charge in [0.2, 0.25) is 0 Å². The fourth-order valence-electron chi connectivity index (χ4n) is 1.27. The second-order valence-corrected chi connectivity index (χ2v) is 3.09. The molecular weight excluding hydrogens is 180 g/mol. The fourth-order valence-corrected chi connectivity index (χ4v) is 1.27. The molecule has 0 amide bonds. The van der Waals surface area contributed by atoms with Crippen LogP contribution in [0.15, 0.2) is 36.9 Å². The van der Waals surface area contributed by atoms with Crippen molar-refractivity contribution in [1.29, 1.82) is 0 Å². The lowest BCUT2D eigenvalue weighted by molar-refractivity contribution is 0.0901. The van der Waals surface area contributed by atoms with E-state index in [1.165, 1.54) is 12.1 Å². The summed E-state index contributed by atoms with van der Waals surface area (Å²) in [5.41, 5.74) is 0.409. The zero-order chi connectivity index (χ0) is 10.6. The molecule has 1 aromatic rings. The first-order chi connectivity index (χ1) is 6.70. The number of rotatable bonds is 4. The van der Waals surface area contributed by atoms with E-state index in [-0.39, 0.29) is 12.4 Å². The third kappa shape index (κ3) is 2.13. The van der Waals surface area contributed by atoms with Gasteiger partial charge in [0.05, 0.1) is 12.7 Å². The van der Waals surface area contributed by atoms with Gasteiger partial charge in [-0.05, 0) is 6.07 Å². The smallest absolute Gasteiger partial charge is 0.121 e. The molecule has 0 heterocycles. The molecule has 0 saturated carbocycles. The number of phenolic OH excluding ortho intramolecular Hbond substituents is 1. The number of para-hydroxylation sites is 1. The van der Waals surface area contributed by atoms with Crippen LogP contribution in [0.1, 0.15) is 11.7 Å². The van der Waals surface area contributed by atoms with Crippen LogP contribution < -0.4 is 0 Å². The van der Waals surface area contributed by atoms with E-state index in [2.05, 4.69) is 6.58 Å². The van der Waals surface area contributed by atoms with Crippen molar-refractivity contribution in [1.82, 2.24) is 0 Å². The SMILES string of the molecule is C=C[C@@H](CO)[C@@H](O)c1ccccc1O. The molecule has 0 aromatic heterocycles. The predicted molar refractivity (Wildman–Crippen MR) is 53.8 cm³/mol. The highest BCUT2D eigenvalue weighted by Gasteiger charge is 2.19. The van der Waals surface area contributed by atoms with Crippen LogP contribution in [-0.2, 0) is 0 Å². The van der Waals surface area contributed by atoms with Crippen molar-refractivity contribution in [3.05, 3.63) is 42.5 Å². The lowest BCUT2D eigenvalue weighted by atomic mass is 9.96. The molecule has 2 atom stereocenters. The largest absolute Gasteiger partial charge is 0.508 e. The summed E-state index contributed by atoms with van der Waals surface area (Å²) >= 11 is 0. The normalized spacial score (nSPS) is 14.7. The van der Waals surface area contributed by atoms with E-state index < -0.39 is 12.0 Å². The van der Waals surface area contributed by atoms with Crippen molar-refractivity contribution in [2.24, 2.45) is 5.92 Å². The Kier molecular flexibility index (Phi) is 3.68. The third-order valence-corrected chi connectivity index (χ3v) is 2.17. The van der Waals surface area contributed by atoms with Crippen LogP contribution in [0, 0.1) is 5.92 Å². The number of phenols is 1. The van der Waals surface area contributed by atoms with Crippen LogP contribution in [0.5, 0.6) is 5.75 Å². The second kappa shape index (κ2) is 4.79. The van der Waals surface area contributed by atoms with Gasteiger partial charge in [-0.1, -0.05) is 24.3 Å². The Morgan fingerprint density at radius 1 is 1.36 bits per heavy atom. The minimum Gasteiger partial charge on any atom is -0.508 e. The van der Waals surface area contributed by atoms with Crippen LogP contribution in [0.2, 0.25) is 0 Å². The molecule has 0 spiro atoms. The highest BCUT2D eigenvalue weighted by molar-refractivity contribution is 5.34. The molecule has 0 saturated heterocycles. The average Bonchev–Trinajstić information content (AvgIpc) is 2.20. The molecule has 1 rings (SSSR count). The molecular formula is C11H14O3. The van der Waals surface area contributed by atoms with Gasteiger partial charge in [-0.15, -0.1) is 6.58 Å². The molecule has 0 fully saturated rings. The molecule has 0 aliphatic heterocycles. The van der Waals surface area contributed by atoms with Crippen molar-refractivity contribution in [3.8, 4) is 5.75 Å². The Morgan fingerprint density at radius 2 is 2.00 bits per heavy atom. The minimum absolute atomic E-state index is 0.0281. The van der Waals surface area contributed by atoms with Crippen LogP contribution in [0.4, 0.5) is 0 Å². The van der Waals surface area contributed by atoms with Gasteiger partial charge in [0.1, 0.15) is 5.75 Å². The monoisotopic (exact) mass is 194 g/mol. The molecule has 0 unspecified atom stereocenters. The molecule has 0 bridgehead atoms. The zero-order valence-electron chi connectivity index (χ0n) is 7.80. The first kappa shape index (κ1) is 10.8. The van der Waals surface area contributed by atoms with E-state index in [9.17, 15) is 10.2 Å². The highest BCUT2D eigenvalue weighted by atomic mass is 16.3. The Hall–Kier alpha value is -1.32. The van der Waals surface area contributed by atoms with E-state index >= 15 is 0 Å². The molecule has 3 nitrogen and oxygen atoms in total. The maximum absolute atomic E-state index is 9.77. The molecule has 14 heavy (non-hydrogen) atoms. The number of hydrogen-bond acceptors (Lipinski definition) is 3. The maximum Gasteiger partial charge on any atom is 0.121 e. The van der Waals surface area contributed by atoms with Gasteiger partial charge in [0.25, 0.3) is 0 Å². The van der Waals surface area contributed by atoms with Gasteiger partial charge in [-0.25, -0.2) is 0 Å². The first-order valence-corrected chi connectivity index (χ1v) is 4.40. The molecule has 3 heteroatoms. The van der Waals surface area contributed by atoms with Gasteiger partial charge in [0, 0.05) is 11.5 Å². The summed E-state index contributed by atoms with van der Waals surface area (Å²) in [6.07, 6.45) is 0.551. The summed E-state index contributed by atoms with van der Waals surface area (Å²) in [5, 5.41) is 28.2. The van der Waals surface area contributed by atoms with E-state index in [0.717, 1.165) is 0 Å². The van der Waals surface area contributed by atoms with Gasteiger partial charge < -0.3 is 15.3 Å². The number of hydrogen-bond donors (Lipinski definition) is 3. The van der Waals surface area contributed by atoms with Crippen LogP contribution in [0.3, 0.4) is 0 Å². The summed E-state index contributed by atoms with van der Waals surface area (Å²) in [4.78, 5) is 0. The minimum atomic E-state index is -0.918. The molecule has 0 aliphatic rings. The average molecular weight is 194 g/mol. The summed E-state index contributed by atoms with van der Waals surface area (Å²) in [5.74, 6) is -0.427. The summed E-state index contributed by atoms with van der Waals surface area (Å²) < 4.78 is 0. The number of aliphatic hydroxyl groups excluding tert-OH is 2. The second-order valence-electron chi connectivity index (χ2n) is 3.09. The summed E-state index contributed by atoms with van der Waals surface area (Å²) in [6.45, 7) is 3.31. The van der Waals surface area contributed by atoms with Gasteiger partial charge >= 0.3 is 0 Å². The van der Waals surface area contributed by atoms with Gasteiger partial charge in [0.15, 0.2) is 0 Å². The molecule has 3 N–H and O–H groups in total. The Morgan fingerprint density at radius 3 is 2.50 bits per heavy atom. The van der Waals surface area contributed by atoms with Gasteiger partial charge in [-0.2, -0.15) is 0 Å². The van der Waals surface area contributed by atoms with Crippen LogP contribution >= 0.6 is 0 Å². The van der Waals surface area contributed by atoms with Crippen molar-refractivity contribution < 1.29 is 15.3 Å². The Balaban J connectivity index is 2.93. The zero-order valence-corrected chi connectivity index (χ0v) is 7.80. The lowest BCUT2D eigenvalue weighted by Gasteiger charge is -2.18. The molecule has 0 radical (unpaired) electrons. The molecule has 0 aliphatic carbocycles. The maximum atomic E-state index is 9.77. The van der Waals surface area contributed by atoms with Crippen LogP contribution in [-0.4, -0.2) is 21.9 Å². The van der Waals surface area contributed by atoms with Crippen molar-refractivity contribution >= 4 is 0 Å². The summed E-state index contributed by atoms with van der Waals surface area (Å²) in [6, 6.07) is 6.51. The van der Waals surface area contributed by atoms with Crippen LogP contribution in [0.25, 0.3) is 0 Å².